The summed E-state index contributed by atoms with van der Waals surface area (Å²) in [6, 6.07) is 9.51. The molecule has 0 fully saturated rings. The summed E-state index contributed by atoms with van der Waals surface area (Å²) in [6.07, 6.45) is 0. The Hall–Kier alpha value is -2.78. The molecule has 2 amide bonds. The molecule has 144 valence electrons. The Morgan fingerprint density at radius 2 is 1.70 bits per heavy atom. The van der Waals surface area contributed by atoms with Gasteiger partial charge in [0.1, 0.15) is 5.82 Å². The van der Waals surface area contributed by atoms with Crippen LogP contribution in [-0.2, 0) is 19.6 Å². The van der Waals surface area contributed by atoms with Crippen molar-refractivity contribution in [3.8, 4) is 0 Å². The summed E-state index contributed by atoms with van der Waals surface area (Å²) in [4.78, 5) is 23.2. The summed E-state index contributed by atoms with van der Waals surface area (Å²) in [5.41, 5.74) is 1.41. The second-order valence-electron chi connectivity index (χ2n) is 5.97. The molecule has 0 heterocycles. The lowest BCUT2D eigenvalue weighted by molar-refractivity contribution is -0.116. The van der Waals surface area contributed by atoms with Crippen molar-refractivity contribution < 1.29 is 22.4 Å². The van der Waals surface area contributed by atoms with Crippen molar-refractivity contribution in [2.24, 2.45) is 0 Å². The van der Waals surface area contributed by atoms with Gasteiger partial charge >= 0.3 is 0 Å². The van der Waals surface area contributed by atoms with Crippen molar-refractivity contribution in [2.75, 3.05) is 24.2 Å². The van der Waals surface area contributed by atoms with Gasteiger partial charge in [-0.2, -0.15) is 4.31 Å². The predicted molar refractivity (Wildman–Crippen MR) is 100 cm³/mol. The van der Waals surface area contributed by atoms with Gasteiger partial charge in [0.05, 0.1) is 11.4 Å². The maximum atomic E-state index is 13.1. The van der Waals surface area contributed by atoms with Gasteiger partial charge in [-0.25, -0.2) is 12.8 Å². The Morgan fingerprint density at radius 3 is 2.26 bits per heavy atom. The number of likely N-dealkylation sites (N-methyl/N-ethyl adjacent to an activating group) is 1. The van der Waals surface area contributed by atoms with Crippen molar-refractivity contribution in [1.82, 2.24) is 4.31 Å². The number of amides is 2. The lowest BCUT2D eigenvalue weighted by Gasteiger charge is -2.17. The first-order valence-electron chi connectivity index (χ1n) is 7.99. The van der Waals surface area contributed by atoms with Crippen LogP contribution in [-0.4, -0.2) is 38.1 Å². The van der Waals surface area contributed by atoms with Crippen molar-refractivity contribution >= 4 is 33.2 Å². The standard InChI is InChI=1S/C18H20FN3O4S/c1-12-10-14(19)4-9-17(12)21-18(24)11-22(3)27(25,26)16-7-5-15(6-8-16)20-13(2)23/h4-10H,11H2,1-3H3,(H,20,23)(H,21,24). The Labute approximate surface area is 157 Å². The van der Waals surface area contributed by atoms with Crippen LogP contribution in [0, 0.1) is 12.7 Å². The van der Waals surface area contributed by atoms with E-state index in [0.29, 0.717) is 16.9 Å². The average Bonchev–Trinajstić information content (AvgIpc) is 2.57. The van der Waals surface area contributed by atoms with E-state index >= 15 is 0 Å². The summed E-state index contributed by atoms with van der Waals surface area (Å²) < 4.78 is 39.2. The van der Waals surface area contributed by atoms with Crippen LogP contribution in [0.5, 0.6) is 0 Å². The molecule has 0 bridgehead atoms. The minimum absolute atomic E-state index is 0.00938. The van der Waals surface area contributed by atoms with Gasteiger partial charge in [0.25, 0.3) is 0 Å². The molecule has 0 aromatic heterocycles. The van der Waals surface area contributed by atoms with Crippen LogP contribution in [0.1, 0.15) is 12.5 Å². The normalized spacial score (nSPS) is 11.3. The van der Waals surface area contributed by atoms with E-state index in [1.165, 1.54) is 56.4 Å². The van der Waals surface area contributed by atoms with E-state index < -0.39 is 28.3 Å². The highest BCUT2D eigenvalue weighted by atomic mass is 32.2. The summed E-state index contributed by atoms with van der Waals surface area (Å²) in [5, 5.41) is 5.11. The molecule has 0 atom stereocenters. The summed E-state index contributed by atoms with van der Waals surface area (Å²) in [7, 11) is -2.60. The van der Waals surface area contributed by atoms with Crippen LogP contribution >= 0.6 is 0 Å². The van der Waals surface area contributed by atoms with Gasteiger partial charge in [0.2, 0.25) is 21.8 Å². The van der Waals surface area contributed by atoms with E-state index in [0.717, 1.165) is 4.31 Å². The molecule has 2 N–H and O–H groups in total. The molecule has 0 radical (unpaired) electrons. The quantitative estimate of drug-likeness (QED) is 0.788. The van der Waals surface area contributed by atoms with E-state index in [-0.39, 0.29) is 10.8 Å². The second kappa shape index (κ2) is 8.28. The molecule has 27 heavy (non-hydrogen) atoms. The van der Waals surface area contributed by atoms with E-state index in [9.17, 15) is 22.4 Å². The Kier molecular flexibility index (Phi) is 6.29. The van der Waals surface area contributed by atoms with Gasteiger partial charge in [0, 0.05) is 25.3 Å². The van der Waals surface area contributed by atoms with Gasteiger partial charge in [0.15, 0.2) is 0 Å². The van der Waals surface area contributed by atoms with E-state index in [4.69, 9.17) is 0 Å². The molecule has 0 aliphatic heterocycles. The minimum Gasteiger partial charge on any atom is -0.326 e. The summed E-state index contributed by atoms with van der Waals surface area (Å²) in [5.74, 6) is -1.24. The van der Waals surface area contributed by atoms with Crippen LogP contribution in [0.3, 0.4) is 0 Å². The molecule has 0 aliphatic rings. The monoisotopic (exact) mass is 393 g/mol. The van der Waals surface area contributed by atoms with Gasteiger partial charge in [-0.05, 0) is 55.0 Å². The molecule has 2 aromatic carbocycles. The molecule has 7 nitrogen and oxygen atoms in total. The fourth-order valence-corrected chi connectivity index (χ4v) is 3.46. The molecule has 0 unspecified atom stereocenters. The van der Waals surface area contributed by atoms with Crippen molar-refractivity contribution in [3.63, 3.8) is 0 Å². The first-order valence-corrected chi connectivity index (χ1v) is 9.43. The Balaban J connectivity index is 2.07. The Morgan fingerprint density at radius 1 is 1.07 bits per heavy atom. The number of rotatable bonds is 6. The number of halogens is 1. The molecular formula is C18H20FN3O4S. The number of carbonyl (C=O) groups is 2. The van der Waals surface area contributed by atoms with Crippen LogP contribution in [0.4, 0.5) is 15.8 Å². The highest BCUT2D eigenvalue weighted by molar-refractivity contribution is 7.89. The van der Waals surface area contributed by atoms with Crippen LogP contribution < -0.4 is 10.6 Å². The highest BCUT2D eigenvalue weighted by Gasteiger charge is 2.23. The first-order chi connectivity index (χ1) is 12.6. The third kappa shape index (κ3) is 5.35. The number of sulfonamides is 1. The molecule has 0 aliphatic carbocycles. The number of nitrogens with zero attached hydrogens (tertiary/aromatic N) is 1. The predicted octanol–water partition coefficient (Wildman–Crippen LogP) is 2.35. The van der Waals surface area contributed by atoms with E-state index in [1.54, 1.807) is 6.92 Å². The zero-order chi connectivity index (χ0) is 20.2. The van der Waals surface area contributed by atoms with Crippen LogP contribution in [0.15, 0.2) is 47.4 Å². The number of hydrogen-bond acceptors (Lipinski definition) is 4. The second-order valence-corrected chi connectivity index (χ2v) is 8.02. The third-order valence-electron chi connectivity index (χ3n) is 3.71. The smallest absolute Gasteiger partial charge is 0.243 e. The minimum atomic E-state index is -3.89. The van der Waals surface area contributed by atoms with Crippen LogP contribution in [0.2, 0.25) is 0 Å². The highest BCUT2D eigenvalue weighted by Crippen LogP contribution is 2.19. The van der Waals surface area contributed by atoms with Crippen LogP contribution in [0.25, 0.3) is 0 Å². The number of aryl methyl sites for hydroxylation is 1. The van der Waals surface area contributed by atoms with Gasteiger partial charge < -0.3 is 10.6 Å². The first kappa shape index (κ1) is 20.5. The molecule has 2 aromatic rings. The number of carbonyl (C=O) groups excluding carboxylic acids is 2. The third-order valence-corrected chi connectivity index (χ3v) is 5.53. The Bertz CT molecular complexity index is 959. The van der Waals surface area contributed by atoms with Gasteiger partial charge in [-0.1, -0.05) is 0 Å². The maximum absolute atomic E-state index is 13.1. The van der Waals surface area contributed by atoms with Gasteiger partial charge in [-0.3, -0.25) is 9.59 Å². The molecule has 9 heteroatoms. The molecule has 0 saturated heterocycles. The maximum Gasteiger partial charge on any atom is 0.243 e. The molecule has 0 spiro atoms. The average molecular weight is 393 g/mol. The summed E-state index contributed by atoms with van der Waals surface area (Å²) in [6.45, 7) is 2.57. The van der Waals surface area contributed by atoms with E-state index in [2.05, 4.69) is 10.6 Å². The lowest BCUT2D eigenvalue weighted by atomic mass is 10.2. The zero-order valence-corrected chi connectivity index (χ0v) is 15.9. The molecule has 0 saturated carbocycles. The van der Waals surface area contributed by atoms with Gasteiger partial charge in [-0.15, -0.1) is 0 Å². The number of anilines is 2. The number of benzene rings is 2. The largest absolute Gasteiger partial charge is 0.326 e. The fraction of sp³-hybridized carbons (Fsp3) is 0.222. The van der Waals surface area contributed by atoms with E-state index in [1.807, 2.05) is 0 Å². The number of hydrogen-bond donors (Lipinski definition) is 2. The lowest BCUT2D eigenvalue weighted by Crippen LogP contribution is -2.35. The van der Waals surface area contributed by atoms with Crippen molar-refractivity contribution in [3.05, 3.63) is 53.8 Å². The van der Waals surface area contributed by atoms with Crippen molar-refractivity contribution in [2.45, 2.75) is 18.7 Å². The molecular weight excluding hydrogens is 373 g/mol. The number of nitrogens with one attached hydrogen (secondary N) is 2. The SMILES string of the molecule is CC(=O)Nc1ccc(S(=O)(=O)N(C)CC(=O)Nc2ccc(F)cc2C)cc1. The fourth-order valence-electron chi connectivity index (χ4n) is 2.34. The van der Waals surface area contributed by atoms with Crippen molar-refractivity contribution in [1.29, 1.82) is 0 Å². The molecule has 2 rings (SSSR count). The summed E-state index contributed by atoms with van der Waals surface area (Å²) >= 11 is 0. The topological polar surface area (TPSA) is 95.6 Å². The zero-order valence-electron chi connectivity index (χ0n) is 15.1.